The van der Waals surface area contributed by atoms with E-state index >= 15 is 0 Å². The fraction of sp³-hybridized carbons (Fsp3) is 0.520. The van der Waals surface area contributed by atoms with Crippen LogP contribution in [0.1, 0.15) is 33.0 Å². The molecule has 0 N–H and O–H groups in total. The number of alkyl halides is 2. The van der Waals surface area contributed by atoms with Crippen molar-refractivity contribution in [2.45, 2.75) is 39.4 Å². The average molecular weight is 533 g/mol. The van der Waals surface area contributed by atoms with Crippen LogP contribution < -0.4 is 14.5 Å². The molecule has 2 aliphatic heterocycles. The molecule has 5 rings (SSSR count). The van der Waals surface area contributed by atoms with Gasteiger partial charge in [0.2, 0.25) is 5.95 Å². The zero-order valence-corrected chi connectivity index (χ0v) is 21.5. The van der Waals surface area contributed by atoms with Crippen LogP contribution in [0.5, 0.6) is 5.75 Å². The number of ether oxygens (including phenoxy) is 4. The van der Waals surface area contributed by atoms with Gasteiger partial charge < -0.3 is 28.7 Å². The molecular formula is C25H30F2N6O5. The molecule has 0 amide bonds. The molecular weight excluding hydrogens is 502 g/mol. The lowest BCUT2D eigenvalue weighted by Crippen LogP contribution is -2.46. The van der Waals surface area contributed by atoms with Crippen LogP contribution in [0, 0.1) is 0 Å². The first-order chi connectivity index (χ1) is 18.3. The van der Waals surface area contributed by atoms with Gasteiger partial charge in [-0.2, -0.15) is 9.97 Å². The molecule has 1 aromatic carbocycles. The van der Waals surface area contributed by atoms with Crippen molar-refractivity contribution in [3.05, 3.63) is 30.1 Å². The summed E-state index contributed by atoms with van der Waals surface area (Å²) in [5.41, 5.74) is 0.349. The van der Waals surface area contributed by atoms with Crippen molar-refractivity contribution in [2.24, 2.45) is 0 Å². The minimum atomic E-state index is -2.94. The molecule has 2 fully saturated rings. The lowest BCUT2D eigenvalue weighted by atomic mass is 10.2. The number of halogens is 2. The zero-order valence-electron chi connectivity index (χ0n) is 21.5. The Bertz CT molecular complexity index is 1290. The van der Waals surface area contributed by atoms with Crippen molar-refractivity contribution in [1.82, 2.24) is 19.5 Å². The summed E-state index contributed by atoms with van der Waals surface area (Å²) in [6.45, 7) is 9.17. The van der Waals surface area contributed by atoms with Crippen LogP contribution in [0.25, 0.3) is 17.0 Å². The number of para-hydroxylation sites is 1. The summed E-state index contributed by atoms with van der Waals surface area (Å²) in [7, 11) is 0. The topological polar surface area (TPSA) is 104 Å². The Hall–Kier alpha value is -3.58. The van der Waals surface area contributed by atoms with Crippen molar-refractivity contribution in [3.63, 3.8) is 0 Å². The summed E-state index contributed by atoms with van der Waals surface area (Å²) in [5, 5.41) is 0. The number of aromatic nitrogens is 4. The largest absolute Gasteiger partial charge is 0.513 e. The van der Waals surface area contributed by atoms with E-state index in [1.807, 2.05) is 24.8 Å². The number of benzene rings is 1. The second-order valence-electron chi connectivity index (χ2n) is 9.16. The minimum Gasteiger partial charge on any atom is -0.434 e. The molecule has 0 bridgehead atoms. The normalized spacial score (nSPS) is 20.3. The summed E-state index contributed by atoms with van der Waals surface area (Å²) in [4.78, 5) is 29.7. The highest BCUT2D eigenvalue weighted by molar-refractivity contribution is 5.86. The van der Waals surface area contributed by atoms with Crippen molar-refractivity contribution in [2.75, 3.05) is 55.8 Å². The summed E-state index contributed by atoms with van der Waals surface area (Å²) >= 11 is 0. The Morgan fingerprint density at radius 3 is 2.42 bits per heavy atom. The molecule has 0 aliphatic carbocycles. The summed E-state index contributed by atoms with van der Waals surface area (Å²) in [5.74, 6) is 0.679. The molecule has 2 aliphatic rings. The number of fused-ring (bicyclic) bond motifs is 1. The van der Waals surface area contributed by atoms with Crippen molar-refractivity contribution in [1.29, 1.82) is 0 Å². The second kappa shape index (κ2) is 11.0. The lowest BCUT2D eigenvalue weighted by Gasteiger charge is -2.37. The van der Waals surface area contributed by atoms with Crippen molar-refractivity contribution >= 4 is 28.8 Å². The Balaban J connectivity index is 1.66. The molecule has 2 saturated heterocycles. The Labute approximate surface area is 218 Å². The summed E-state index contributed by atoms with van der Waals surface area (Å²) in [6, 6.07) is 6.53. The van der Waals surface area contributed by atoms with Crippen molar-refractivity contribution < 1.29 is 32.5 Å². The van der Waals surface area contributed by atoms with Crippen LogP contribution in [0.15, 0.2) is 24.3 Å². The van der Waals surface area contributed by atoms with Crippen molar-refractivity contribution in [3.8, 4) is 11.7 Å². The molecule has 13 heteroatoms. The number of morpholine rings is 2. The molecule has 2 atom stereocenters. The van der Waals surface area contributed by atoms with E-state index in [9.17, 15) is 13.6 Å². The molecule has 11 nitrogen and oxygen atoms in total. The number of imidazole rings is 1. The first kappa shape index (κ1) is 26.0. The predicted molar refractivity (Wildman–Crippen MR) is 135 cm³/mol. The van der Waals surface area contributed by atoms with E-state index in [1.165, 1.54) is 10.6 Å². The highest BCUT2D eigenvalue weighted by atomic mass is 19.3. The highest BCUT2D eigenvalue weighted by Crippen LogP contribution is 2.33. The zero-order chi connectivity index (χ0) is 26.8. The SMILES string of the molecule is CCOC(=O)Oc1cccc2c1nc(C(F)F)n2-c1nc(N2CCOCC2)cc(N2CC(C)OC(C)C2)n1. The standard InChI is InChI=1S/C25H30F2N6O5/c1-4-36-25(34)38-18-7-5-6-17-21(18)30-23(22(26)27)33(17)24-28-19(31-8-10-35-11-9-31)12-20(29-24)32-13-15(2)37-16(3)14-32/h5-7,12,15-16,22H,4,8-11,13-14H2,1-3H3. The fourth-order valence-electron chi connectivity index (χ4n) is 4.76. The van der Waals surface area contributed by atoms with Gasteiger partial charge >= 0.3 is 6.16 Å². The third kappa shape index (κ3) is 5.34. The second-order valence-corrected chi connectivity index (χ2v) is 9.16. The minimum absolute atomic E-state index is 0.00184. The quantitative estimate of drug-likeness (QED) is 0.344. The first-order valence-electron chi connectivity index (χ1n) is 12.6. The maximum absolute atomic E-state index is 14.4. The van der Waals surface area contributed by atoms with Gasteiger partial charge in [-0.3, -0.25) is 4.57 Å². The monoisotopic (exact) mass is 532 g/mol. The fourth-order valence-corrected chi connectivity index (χ4v) is 4.76. The number of nitrogens with zero attached hydrogens (tertiary/aromatic N) is 6. The van der Waals surface area contributed by atoms with Crippen LogP contribution in [-0.4, -0.2) is 83.9 Å². The third-order valence-electron chi connectivity index (χ3n) is 6.29. The van der Waals surface area contributed by atoms with Gasteiger partial charge in [-0.15, -0.1) is 0 Å². The van der Waals surface area contributed by atoms with Crippen LogP contribution in [-0.2, 0) is 14.2 Å². The molecule has 2 unspecified atom stereocenters. The van der Waals surface area contributed by atoms with Gasteiger partial charge in [-0.05, 0) is 32.9 Å². The van der Waals surface area contributed by atoms with Gasteiger partial charge in [0, 0.05) is 32.2 Å². The summed E-state index contributed by atoms with van der Waals surface area (Å²) < 4.78 is 51.4. The molecule has 38 heavy (non-hydrogen) atoms. The number of carbonyl (C=O) groups excluding carboxylic acids is 1. The van der Waals surface area contributed by atoms with E-state index in [0.717, 1.165) is 0 Å². The van der Waals surface area contributed by atoms with Gasteiger partial charge in [-0.1, -0.05) is 6.07 Å². The molecule has 204 valence electrons. The van der Waals surface area contributed by atoms with Crippen LogP contribution >= 0.6 is 0 Å². The molecule has 0 spiro atoms. The number of hydrogen-bond donors (Lipinski definition) is 0. The maximum Gasteiger partial charge on any atom is 0.513 e. The third-order valence-corrected chi connectivity index (χ3v) is 6.29. The lowest BCUT2D eigenvalue weighted by molar-refractivity contribution is -0.00547. The van der Waals surface area contributed by atoms with E-state index in [1.54, 1.807) is 19.1 Å². The maximum atomic E-state index is 14.4. The van der Waals surface area contributed by atoms with Gasteiger partial charge in [0.05, 0.1) is 37.5 Å². The van der Waals surface area contributed by atoms with Crippen LogP contribution in [0.2, 0.25) is 0 Å². The summed E-state index contributed by atoms with van der Waals surface area (Å²) in [6.07, 6.45) is -3.95. The smallest absolute Gasteiger partial charge is 0.434 e. The van der Waals surface area contributed by atoms with E-state index < -0.39 is 18.4 Å². The van der Waals surface area contributed by atoms with E-state index in [0.29, 0.717) is 51.0 Å². The van der Waals surface area contributed by atoms with Crippen LogP contribution in [0.3, 0.4) is 0 Å². The molecule has 0 radical (unpaired) electrons. The van der Waals surface area contributed by atoms with Crippen LogP contribution in [0.4, 0.5) is 25.2 Å². The Morgan fingerprint density at radius 1 is 1.08 bits per heavy atom. The van der Waals surface area contributed by atoms with E-state index in [4.69, 9.17) is 28.9 Å². The van der Waals surface area contributed by atoms with Gasteiger partial charge in [-0.25, -0.2) is 18.6 Å². The molecule has 2 aromatic heterocycles. The number of anilines is 2. The van der Waals surface area contributed by atoms with Gasteiger partial charge in [0.15, 0.2) is 11.6 Å². The number of carbonyl (C=O) groups is 1. The van der Waals surface area contributed by atoms with E-state index in [2.05, 4.69) is 9.88 Å². The number of hydrogen-bond acceptors (Lipinski definition) is 10. The van der Waals surface area contributed by atoms with Gasteiger partial charge in [0.25, 0.3) is 6.43 Å². The molecule has 4 heterocycles. The predicted octanol–water partition coefficient (Wildman–Crippen LogP) is 3.74. The highest BCUT2D eigenvalue weighted by Gasteiger charge is 2.29. The van der Waals surface area contributed by atoms with E-state index in [-0.39, 0.29) is 41.5 Å². The Morgan fingerprint density at radius 2 is 1.76 bits per heavy atom. The molecule has 3 aromatic rings. The van der Waals surface area contributed by atoms with Gasteiger partial charge in [0.1, 0.15) is 17.2 Å². The molecule has 0 saturated carbocycles. The number of rotatable bonds is 6. The average Bonchev–Trinajstić information content (AvgIpc) is 3.30. The Kier molecular flexibility index (Phi) is 7.56. The first-order valence-corrected chi connectivity index (χ1v) is 12.6.